The Hall–Kier alpha value is -4.15. The number of nitrogens with two attached hydrogens (primary N) is 1. The van der Waals surface area contributed by atoms with Crippen molar-refractivity contribution in [2.75, 3.05) is 20.2 Å². The molecule has 1 unspecified atom stereocenters. The molecule has 0 aliphatic heterocycles. The molecule has 10 heteroatoms. The number of hydrogen-bond acceptors (Lipinski definition) is 9. The van der Waals surface area contributed by atoms with E-state index in [0.29, 0.717) is 23.4 Å². The minimum absolute atomic E-state index is 0.0143. The Morgan fingerprint density at radius 2 is 1.81 bits per heavy atom. The van der Waals surface area contributed by atoms with Gasteiger partial charge in [-0.2, -0.15) is 0 Å². The van der Waals surface area contributed by atoms with Gasteiger partial charge in [0.2, 0.25) is 5.78 Å². The van der Waals surface area contributed by atoms with Crippen molar-refractivity contribution < 1.29 is 39.5 Å². The van der Waals surface area contributed by atoms with E-state index in [1.165, 1.54) is 18.7 Å². The van der Waals surface area contributed by atoms with Gasteiger partial charge in [-0.3, -0.25) is 19.3 Å². The number of primary amides is 1. The summed E-state index contributed by atoms with van der Waals surface area (Å²) in [7, 11) is 1.51. The molecule has 5 rings (SSSR count). The first-order valence-electron chi connectivity index (χ1n) is 14.4. The zero-order valence-corrected chi connectivity index (χ0v) is 24.8. The highest BCUT2D eigenvalue weighted by atomic mass is 16.5. The number of ether oxygens (including phenoxy) is 1. The smallest absolute Gasteiger partial charge is 0.255 e. The molecule has 2 aromatic rings. The van der Waals surface area contributed by atoms with Crippen LogP contribution in [0.3, 0.4) is 0 Å². The minimum atomic E-state index is -2.59. The maximum Gasteiger partial charge on any atom is 0.255 e. The van der Waals surface area contributed by atoms with Crippen molar-refractivity contribution in [3.05, 3.63) is 75.6 Å². The molecule has 43 heavy (non-hydrogen) atoms. The van der Waals surface area contributed by atoms with Crippen LogP contribution in [-0.2, 0) is 32.8 Å². The number of aliphatic hydroxyl groups excluding tert-OH is 2. The number of benzene rings is 2. The van der Waals surface area contributed by atoms with Gasteiger partial charge >= 0.3 is 0 Å². The molecule has 0 radical (unpaired) electrons. The fraction of sp³-hybridized carbons (Fsp3) is 0.424. The standard InChI is InChI=1S/C33H38N2O8/c1-5-35(16-32(2,3)19-9-7-6-8-10-19)15-18-13-22(36)25-21(28(18)43-4)12-17-11-20-14-23(37)26(31(34)41)30(40)33(20,42)29(39)24(17)27(25)38/h6-10,13,17,20,36,38,40,42H,5,11-12,14-16H2,1-4H3,(H2,34,41)/t17?,20-,33-/m0/s1. The highest BCUT2D eigenvalue weighted by Crippen LogP contribution is 2.53. The molecule has 3 aliphatic rings. The lowest BCUT2D eigenvalue weighted by Crippen LogP contribution is -2.58. The van der Waals surface area contributed by atoms with Crippen molar-refractivity contribution in [3.63, 3.8) is 0 Å². The third kappa shape index (κ3) is 4.78. The average Bonchev–Trinajstić information content (AvgIpc) is 2.94. The van der Waals surface area contributed by atoms with Crippen molar-refractivity contribution in [2.24, 2.45) is 17.6 Å². The molecule has 0 aromatic heterocycles. The number of aromatic hydroxyl groups is 1. The number of phenolic OH excluding ortho intramolecular Hbond substituents is 1. The molecule has 1 amide bonds. The Morgan fingerprint density at radius 3 is 2.42 bits per heavy atom. The van der Waals surface area contributed by atoms with E-state index in [-0.39, 0.29) is 41.6 Å². The summed E-state index contributed by atoms with van der Waals surface area (Å²) in [6, 6.07) is 11.7. The number of amides is 1. The van der Waals surface area contributed by atoms with Crippen LogP contribution in [0, 0.1) is 11.8 Å². The molecule has 2 aromatic carbocycles. The van der Waals surface area contributed by atoms with Crippen LogP contribution in [0.25, 0.3) is 5.76 Å². The number of ketones is 2. The van der Waals surface area contributed by atoms with Crippen LogP contribution in [0.4, 0.5) is 0 Å². The van der Waals surface area contributed by atoms with E-state index in [9.17, 15) is 34.8 Å². The number of aliphatic hydroxyl groups is 3. The lowest BCUT2D eigenvalue weighted by atomic mass is 9.59. The van der Waals surface area contributed by atoms with Crippen LogP contribution < -0.4 is 10.5 Å². The Kier molecular flexibility index (Phi) is 7.64. The number of phenols is 1. The number of carbonyl (C=O) groups excluding carboxylic acids is 3. The van der Waals surface area contributed by atoms with E-state index in [0.717, 1.165) is 13.1 Å². The largest absolute Gasteiger partial charge is 0.508 e. The Labute approximate surface area is 250 Å². The van der Waals surface area contributed by atoms with Gasteiger partial charge in [0.25, 0.3) is 5.91 Å². The average molecular weight is 591 g/mol. The number of methoxy groups -OCH3 is 1. The lowest BCUT2D eigenvalue weighted by Gasteiger charge is -2.46. The number of likely N-dealkylation sites (N-methyl/N-ethyl adjacent to an activating group) is 1. The number of hydrogen-bond donors (Lipinski definition) is 5. The van der Waals surface area contributed by atoms with Gasteiger partial charge in [0, 0.05) is 47.5 Å². The molecule has 6 N–H and O–H groups in total. The number of Topliss-reactive ketones (excluding diaryl/α,β-unsaturated/α-hetero) is 2. The summed E-state index contributed by atoms with van der Waals surface area (Å²) in [4.78, 5) is 40.5. The Balaban J connectivity index is 1.54. The first-order chi connectivity index (χ1) is 20.3. The zero-order valence-electron chi connectivity index (χ0n) is 24.8. The van der Waals surface area contributed by atoms with E-state index < -0.39 is 52.0 Å². The summed E-state index contributed by atoms with van der Waals surface area (Å²) >= 11 is 0. The topological polar surface area (TPSA) is 171 Å². The summed E-state index contributed by atoms with van der Waals surface area (Å²) in [5.41, 5.74) is 3.94. The number of fused-ring (bicyclic) bond motifs is 3. The highest BCUT2D eigenvalue weighted by Gasteiger charge is 2.60. The summed E-state index contributed by atoms with van der Waals surface area (Å²) in [5.74, 6) is -6.11. The molecule has 1 saturated carbocycles. The maximum absolute atomic E-state index is 13.7. The normalized spacial score (nSPS) is 23.7. The van der Waals surface area contributed by atoms with Crippen molar-refractivity contribution >= 4 is 23.2 Å². The van der Waals surface area contributed by atoms with E-state index in [1.807, 2.05) is 18.2 Å². The third-order valence-electron chi connectivity index (χ3n) is 9.31. The van der Waals surface area contributed by atoms with Crippen LogP contribution in [0.2, 0.25) is 0 Å². The van der Waals surface area contributed by atoms with E-state index >= 15 is 0 Å². The summed E-state index contributed by atoms with van der Waals surface area (Å²) in [6.45, 7) is 8.30. The molecular weight excluding hydrogens is 552 g/mol. The van der Waals surface area contributed by atoms with Crippen molar-refractivity contribution in [1.82, 2.24) is 4.90 Å². The van der Waals surface area contributed by atoms with Gasteiger partial charge in [0.15, 0.2) is 11.4 Å². The fourth-order valence-corrected chi connectivity index (χ4v) is 7.17. The molecular formula is C33H38N2O8. The maximum atomic E-state index is 13.7. The van der Waals surface area contributed by atoms with E-state index in [1.54, 1.807) is 0 Å². The van der Waals surface area contributed by atoms with Gasteiger partial charge in [0.1, 0.15) is 28.6 Å². The van der Waals surface area contributed by atoms with E-state index in [4.69, 9.17) is 10.5 Å². The molecule has 10 nitrogen and oxygen atoms in total. The molecule has 0 bridgehead atoms. The summed E-state index contributed by atoms with van der Waals surface area (Å²) < 4.78 is 5.86. The SMILES string of the molecule is CCN(Cc1cc(O)c2c(c1OC)CC1C[C@H]3CC(=O)C(C(N)=O)=C(O)[C@@]3(O)C(=O)C1=C2O)CC(C)(C)c1ccccc1. The van der Waals surface area contributed by atoms with Gasteiger partial charge in [-0.05, 0) is 36.9 Å². The molecule has 0 heterocycles. The highest BCUT2D eigenvalue weighted by molar-refractivity contribution is 6.22. The fourth-order valence-electron chi connectivity index (χ4n) is 7.17. The monoisotopic (exact) mass is 590 g/mol. The molecule has 3 aliphatic carbocycles. The zero-order chi connectivity index (χ0) is 31.4. The minimum Gasteiger partial charge on any atom is -0.508 e. The Morgan fingerprint density at radius 1 is 1.14 bits per heavy atom. The number of nitrogens with zero attached hydrogens (tertiary/aromatic N) is 1. The lowest BCUT2D eigenvalue weighted by molar-refractivity contribution is -0.147. The van der Waals surface area contributed by atoms with Crippen LogP contribution in [-0.4, -0.2) is 68.6 Å². The van der Waals surface area contributed by atoms with Crippen LogP contribution in [0.15, 0.2) is 53.3 Å². The van der Waals surface area contributed by atoms with Crippen LogP contribution in [0.5, 0.6) is 11.5 Å². The molecule has 1 fully saturated rings. The Bertz CT molecular complexity index is 1570. The van der Waals surface area contributed by atoms with Crippen LogP contribution >= 0.6 is 0 Å². The van der Waals surface area contributed by atoms with Crippen molar-refractivity contribution in [1.29, 1.82) is 0 Å². The predicted octanol–water partition coefficient (Wildman–Crippen LogP) is 3.23. The summed E-state index contributed by atoms with van der Waals surface area (Å²) in [5, 5.41) is 44.8. The number of carbonyl (C=O) groups is 3. The second-order valence-corrected chi connectivity index (χ2v) is 12.4. The van der Waals surface area contributed by atoms with Gasteiger partial charge in [0.05, 0.1) is 12.7 Å². The van der Waals surface area contributed by atoms with Gasteiger partial charge < -0.3 is 30.9 Å². The van der Waals surface area contributed by atoms with Gasteiger partial charge in [-0.25, -0.2) is 0 Å². The predicted molar refractivity (Wildman–Crippen MR) is 158 cm³/mol. The van der Waals surface area contributed by atoms with Crippen LogP contribution in [0.1, 0.15) is 55.9 Å². The molecule has 228 valence electrons. The van der Waals surface area contributed by atoms with Gasteiger partial charge in [-0.15, -0.1) is 0 Å². The summed E-state index contributed by atoms with van der Waals surface area (Å²) in [6.07, 6.45) is -0.128. The first-order valence-corrected chi connectivity index (χ1v) is 14.4. The quantitative estimate of drug-likeness (QED) is 0.290. The third-order valence-corrected chi connectivity index (χ3v) is 9.31. The first kappa shape index (κ1) is 30.3. The molecule has 0 spiro atoms. The van der Waals surface area contributed by atoms with Crippen molar-refractivity contribution in [2.45, 2.75) is 57.6 Å². The second kappa shape index (κ2) is 10.8. The number of rotatable bonds is 8. The van der Waals surface area contributed by atoms with Gasteiger partial charge in [-0.1, -0.05) is 51.1 Å². The molecule has 3 atom stereocenters. The second-order valence-electron chi connectivity index (χ2n) is 12.4. The van der Waals surface area contributed by atoms with Crippen molar-refractivity contribution in [3.8, 4) is 11.5 Å². The molecule has 0 saturated heterocycles. The van der Waals surface area contributed by atoms with E-state index in [2.05, 4.69) is 37.8 Å².